The zero-order chi connectivity index (χ0) is 16.8. The normalized spacial score (nSPS) is 8.48. The van der Waals surface area contributed by atoms with Gasteiger partial charge in [0.15, 0.2) is 0 Å². The molecule has 0 saturated heterocycles. The Morgan fingerprint density at radius 1 is 1.10 bits per heavy atom. The zero-order valence-electron chi connectivity index (χ0n) is 13.7. The molecule has 0 aromatic heterocycles. The number of carbonyl (C=O) groups is 2. The largest absolute Gasteiger partial charge is 0.490 e. The van der Waals surface area contributed by atoms with Crippen LogP contribution in [0.5, 0.6) is 5.75 Å². The lowest BCUT2D eigenvalue weighted by Gasteiger charge is -2.08. The molecule has 0 unspecified atom stereocenters. The maximum Gasteiger partial charge on any atom is 0.335 e. The van der Waals surface area contributed by atoms with E-state index in [0.29, 0.717) is 11.3 Å². The summed E-state index contributed by atoms with van der Waals surface area (Å²) < 4.78 is 10.00. The van der Waals surface area contributed by atoms with E-state index >= 15 is 0 Å². The predicted octanol–water partition coefficient (Wildman–Crippen LogP) is 3.69. The molecule has 0 aliphatic rings. The van der Waals surface area contributed by atoms with Crippen molar-refractivity contribution < 1.29 is 24.2 Å². The second-order valence-corrected chi connectivity index (χ2v) is 3.47. The number of hydrogen-bond donors (Lipinski definition) is 1. The van der Waals surface area contributed by atoms with E-state index < -0.39 is 5.97 Å². The summed E-state index contributed by atoms with van der Waals surface area (Å²) in [6, 6.07) is 4.69. The minimum Gasteiger partial charge on any atom is -0.490 e. The molecule has 1 aromatic carbocycles. The number of rotatable bonds is 5. The smallest absolute Gasteiger partial charge is 0.335 e. The molecular formula is C16H26O5. The van der Waals surface area contributed by atoms with Crippen molar-refractivity contribution in [3.8, 4) is 5.75 Å². The number of aromatic carboxylic acids is 1. The van der Waals surface area contributed by atoms with Gasteiger partial charge in [0.2, 0.25) is 0 Å². The highest BCUT2D eigenvalue weighted by Gasteiger charge is 2.07. The number of carbonyl (C=O) groups excluding carboxylic acids is 1. The monoisotopic (exact) mass is 298 g/mol. The minimum atomic E-state index is -0.964. The maximum absolute atomic E-state index is 10.8. The summed E-state index contributed by atoms with van der Waals surface area (Å²) in [6.45, 7) is 11.4. The first-order chi connectivity index (χ1) is 10.0. The van der Waals surface area contributed by atoms with E-state index in [-0.39, 0.29) is 24.7 Å². The van der Waals surface area contributed by atoms with Crippen LogP contribution in [0, 0.1) is 6.92 Å². The summed E-state index contributed by atoms with van der Waals surface area (Å²) in [5.74, 6) is -0.764. The average molecular weight is 298 g/mol. The SMILES string of the molecule is CC.CC.CC(=O)OCCOc1ccc(C(=O)O)c(C)c1. The van der Waals surface area contributed by atoms with Gasteiger partial charge in [-0.3, -0.25) is 4.79 Å². The minimum absolute atomic E-state index is 0.176. The Labute approximate surface area is 126 Å². The number of benzene rings is 1. The fraction of sp³-hybridized carbons (Fsp3) is 0.500. The first-order valence-electron chi connectivity index (χ1n) is 7.11. The van der Waals surface area contributed by atoms with Crippen LogP contribution in [-0.2, 0) is 9.53 Å². The Hall–Kier alpha value is -2.04. The van der Waals surface area contributed by atoms with E-state index in [1.54, 1.807) is 19.1 Å². The second kappa shape index (κ2) is 13.0. The number of esters is 1. The summed E-state index contributed by atoms with van der Waals surface area (Å²) in [5.41, 5.74) is 0.875. The van der Waals surface area contributed by atoms with Gasteiger partial charge >= 0.3 is 11.9 Å². The van der Waals surface area contributed by atoms with Crippen LogP contribution in [0.1, 0.15) is 50.5 Å². The van der Waals surface area contributed by atoms with Crippen molar-refractivity contribution in [3.63, 3.8) is 0 Å². The molecule has 5 nitrogen and oxygen atoms in total. The number of ether oxygens (including phenoxy) is 2. The summed E-state index contributed by atoms with van der Waals surface area (Å²) >= 11 is 0. The molecule has 21 heavy (non-hydrogen) atoms. The molecule has 0 saturated carbocycles. The first kappa shape index (κ1) is 21.3. The third-order valence-corrected chi connectivity index (χ3v) is 2.09. The Bertz CT molecular complexity index is 427. The molecule has 0 heterocycles. The summed E-state index contributed by atoms with van der Waals surface area (Å²) in [7, 11) is 0. The van der Waals surface area contributed by atoms with E-state index in [0.717, 1.165) is 0 Å². The van der Waals surface area contributed by atoms with Crippen molar-refractivity contribution in [1.82, 2.24) is 0 Å². The fourth-order valence-corrected chi connectivity index (χ4v) is 1.31. The maximum atomic E-state index is 10.8. The van der Waals surface area contributed by atoms with Crippen molar-refractivity contribution in [3.05, 3.63) is 29.3 Å². The number of hydrogen-bond acceptors (Lipinski definition) is 4. The zero-order valence-corrected chi connectivity index (χ0v) is 13.7. The molecule has 120 valence electrons. The number of carboxylic acid groups (broad SMARTS) is 1. The molecule has 5 heteroatoms. The molecule has 1 N–H and O–H groups in total. The number of aryl methyl sites for hydroxylation is 1. The standard InChI is InChI=1S/C12H14O5.2C2H6/c1-8-7-10(3-4-11(8)12(14)15)17-6-5-16-9(2)13;2*1-2/h3-4,7H,5-6H2,1-2H3,(H,14,15);2*1-2H3. The second-order valence-electron chi connectivity index (χ2n) is 3.47. The lowest BCUT2D eigenvalue weighted by molar-refractivity contribution is -0.141. The Kier molecular flexibility index (Phi) is 13.1. The van der Waals surface area contributed by atoms with Crippen LogP contribution in [0.15, 0.2) is 18.2 Å². The molecule has 0 bridgehead atoms. The molecule has 1 rings (SSSR count). The van der Waals surface area contributed by atoms with Crippen LogP contribution >= 0.6 is 0 Å². The lowest BCUT2D eigenvalue weighted by Crippen LogP contribution is -2.09. The Balaban J connectivity index is 0. The molecular weight excluding hydrogens is 272 g/mol. The van der Waals surface area contributed by atoms with Gasteiger partial charge in [-0.05, 0) is 30.7 Å². The van der Waals surface area contributed by atoms with Crippen LogP contribution in [0.4, 0.5) is 0 Å². The van der Waals surface area contributed by atoms with Crippen molar-refractivity contribution in [2.45, 2.75) is 41.5 Å². The van der Waals surface area contributed by atoms with Crippen LogP contribution in [0.25, 0.3) is 0 Å². The molecule has 1 aromatic rings. The fourth-order valence-electron chi connectivity index (χ4n) is 1.31. The number of carboxylic acids is 1. The van der Waals surface area contributed by atoms with Crippen LogP contribution < -0.4 is 4.74 Å². The average Bonchev–Trinajstić information content (AvgIpc) is 2.47. The van der Waals surface area contributed by atoms with Crippen molar-refractivity contribution in [1.29, 1.82) is 0 Å². The molecule has 0 aliphatic heterocycles. The van der Waals surface area contributed by atoms with Gasteiger partial charge in [-0.2, -0.15) is 0 Å². The van der Waals surface area contributed by atoms with E-state index in [2.05, 4.69) is 0 Å². The topological polar surface area (TPSA) is 72.8 Å². The van der Waals surface area contributed by atoms with Gasteiger partial charge in [-0.1, -0.05) is 27.7 Å². The van der Waals surface area contributed by atoms with E-state index in [9.17, 15) is 9.59 Å². The van der Waals surface area contributed by atoms with Gasteiger partial charge in [0.1, 0.15) is 19.0 Å². The van der Waals surface area contributed by atoms with Gasteiger partial charge < -0.3 is 14.6 Å². The van der Waals surface area contributed by atoms with Crippen molar-refractivity contribution in [2.75, 3.05) is 13.2 Å². The summed E-state index contributed by atoms with van der Waals surface area (Å²) in [5, 5.41) is 8.83. The van der Waals surface area contributed by atoms with Gasteiger partial charge in [0.05, 0.1) is 5.56 Å². The van der Waals surface area contributed by atoms with Crippen LogP contribution in [0.3, 0.4) is 0 Å². The van der Waals surface area contributed by atoms with E-state index in [4.69, 9.17) is 14.6 Å². The third kappa shape index (κ3) is 9.49. The highest BCUT2D eigenvalue weighted by molar-refractivity contribution is 5.89. The molecule has 0 spiro atoms. The first-order valence-corrected chi connectivity index (χ1v) is 7.11. The van der Waals surface area contributed by atoms with Crippen LogP contribution in [0.2, 0.25) is 0 Å². The predicted molar refractivity (Wildman–Crippen MR) is 83.0 cm³/mol. The third-order valence-electron chi connectivity index (χ3n) is 2.09. The summed E-state index contributed by atoms with van der Waals surface area (Å²) in [6.07, 6.45) is 0. The molecule has 0 radical (unpaired) electrons. The van der Waals surface area contributed by atoms with Gasteiger partial charge in [0, 0.05) is 6.92 Å². The van der Waals surface area contributed by atoms with Crippen molar-refractivity contribution in [2.24, 2.45) is 0 Å². The van der Waals surface area contributed by atoms with Gasteiger partial charge in [0.25, 0.3) is 0 Å². The van der Waals surface area contributed by atoms with E-state index in [1.165, 1.54) is 13.0 Å². The lowest BCUT2D eigenvalue weighted by atomic mass is 10.1. The quantitative estimate of drug-likeness (QED) is 0.663. The van der Waals surface area contributed by atoms with Crippen molar-refractivity contribution >= 4 is 11.9 Å². The Morgan fingerprint density at radius 3 is 2.10 bits per heavy atom. The Morgan fingerprint density at radius 2 is 1.67 bits per heavy atom. The van der Waals surface area contributed by atoms with Gasteiger partial charge in [-0.15, -0.1) is 0 Å². The molecule has 0 fully saturated rings. The van der Waals surface area contributed by atoms with E-state index in [1.807, 2.05) is 27.7 Å². The molecule has 0 amide bonds. The highest BCUT2D eigenvalue weighted by Crippen LogP contribution is 2.17. The molecule has 0 aliphatic carbocycles. The molecule has 0 atom stereocenters. The summed E-state index contributed by atoms with van der Waals surface area (Å²) in [4.78, 5) is 21.3. The highest BCUT2D eigenvalue weighted by atomic mass is 16.6. The van der Waals surface area contributed by atoms with Crippen LogP contribution in [-0.4, -0.2) is 30.3 Å². The van der Waals surface area contributed by atoms with Gasteiger partial charge in [-0.25, -0.2) is 4.79 Å².